The molecule has 0 radical (unpaired) electrons. The van der Waals surface area contributed by atoms with E-state index in [0.29, 0.717) is 17.3 Å². The molecule has 0 unspecified atom stereocenters. The maximum absolute atomic E-state index is 12.9. The van der Waals surface area contributed by atoms with Crippen LogP contribution in [-0.2, 0) is 14.8 Å². The molecular weight excluding hydrogens is 368 g/mol. The quantitative estimate of drug-likeness (QED) is 0.715. The van der Waals surface area contributed by atoms with Gasteiger partial charge in [-0.1, -0.05) is 24.1 Å². The Bertz CT molecular complexity index is 726. The number of nitrogens with one attached hydrogen (secondary N) is 1. The fraction of sp³-hybridized carbons (Fsp3) is 0.632. The predicted octanol–water partition coefficient (Wildman–Crippen LogP) is 3.69. The molecule has 1 aliphatic heterocycles. The lowest BCUT2D eigenvalue weighted by molar-refractivity contribution is -0.122. The summed E-state index contributed by atoms with van der Waals surface area (Å²) in [5, 5.41) is 4.76. The Morgan fingerprint density at radius 3 is 2.88 bits per heavy atom. The van der Waals surface area contributed by atoms with Crippen molar-refractivity contribution < 1.29 is 13.2 Å². The van der Waals surface area contributed by atoms with E-state index in [0.717, 1.165) is 38.5 Å². The second-order valence-corrected chi connectivity index (χ2v) is 10.2. The van der Waals surface area contributed by atoms with Gasteiger partial charge < -0.3 is 5.32 Å². The van der Waals surface area contributed by atoms with Crippen molar-refractivity contribution in [2.24, 2.45) is 0 Å². The molecule has 0 aromatic carbocycles. The number of hydrogen-bond acceptors (Lipinski definition) is 4. The maximum atomic E-state index is 12.9. The van der Waals surface area contributed by atoms with Crippen LogP contribution in [0.2, 0.25) is 0 Å². The van der Waals surface area contributed by atoms with Crippen molar-refractivity contribution in [1.82, 2.24) is 9.62 Å². The SMILES string of the molecule is O=C(C[C@H]1CCCCN1S(=O)(=O)c1cccs1)NCCC1=CCCCC1. The molecule has 144 valence electrons. The van der Waals surface area contributed by atoms with E-state index in [1.165, 1.54) is 29.8 Å². The second-order valence-electron chi connectivity index (χ2n) is 7.11. The van der Waals surface area contributed by atoms with Crippen molar-refractivity contribution in [1.29, 1.82) is 0 Å². The molecule has 3 rings (SSSR count). The molecule has 1 N–H and O–H groups in total. The molecule has 0 saturated carbocycles. The molecule has 0 bridgehead atoms. The molecule has 1 aliphatic carbocycles. The normalized spacial score (nSPS) is 22.0. The van der Waals surface area contributed by atoms with Gasteiger partial charge in [-0.05, 0) is 56.4 Å². The Kier molecular flexibility index (Phi) is 6.89. The molecule has 1 aromatic rings. The Morgan fingerprint density at radius 2 is 2.15 bits per heavy atom. The van der Waals surface area contributed by atoms with E-state index in [4.69, 9.17) is 0 Å². The number of rotatable bonds is 7. The highest BCUT2D eigenvalue weighted by molar-refractivity contribution is 7.91. The smallest absolute Gasteiger partial charge is 0.252 e. The molecule has 5 nitrogen and oxygen atoms in total. The van der Waals surface area contributed by atoms with E-state index < -0.39 is 10.0 Å². The molecule has 1 atom stereocenters. The Hall–Kier alpha value is -1.18. The largest absolute Gasteiger partial charge is 0.356 e. The molecule has 2 heterocycles. The van der Waals surface area contributed by atoms with Crippen LogP contribution in [0.25, 0.3) is 0 Å². The molecule has 1 fully saturated rings. The monoisotopic (exact) mass is 396 g/mol. The number of sulfonamides is 1. The van der Waals surface area contributed by atoms with Crippen LogP contribution >= 0.6 is 11.3 Å². The zero-order valence-corrected chi connectivity index (χ0v) is 16.8. The third-order valence-electron chi connectivity index (χ3n) is 5.21. The molecule has 1 saturated heterocycles. The van der Waals surface area contributed by atoms with E-state index in [1.54, 1.807) is 21.8 Å². The summed E-state index contributed by atoms with van der Waals surface area (Å²) < 4.78 is 27.6. The topological polar surface area (TPSA) is 66.5 Å². The van der Waals surface area contributed by atoms with Crippen LogP contribution in [0.3, 0.4) is 0 Å². The average Bonchev–Trinajstić information content (AvgIpc) is 3.18. The summed E-state index contributed by atoms with van der Waals surface area (Å²) in [6, 6.07) is 3.16. The number of nitrogens with zero attached hydrogens (tertiary/aromatic N) is 1. The summed E-state index contributed by atoms with van der Waals surface area (Å²) in [7, 11) is -3.49. The van der Waals surface area contributed by atoms with Gasteiger partial charge in [0, 0.05) is 25.6 Å². The first kappa shape index (κ1) is 19.6. The Labute approximate surface area is 160 Å². The summed E-state index contributed by atoms with van der Waals surface area (Å²) in [5.74, 6) is -0.0420. The summed E-state index contributed by atoms with van der Waals surface area (Å²) >= 11 is 1.24. The van der Waals surface area contributed by atoms with Crippen molar-refractivity contribution in [3.05, 3.63) is 29.2 Å². The maximum Gasteiger partial charge on any atom is 0.252 e. The van der Waals surface area contributed by atoms with Gasteiger partial charge >= 0.3 is 0 Å². The lowest BCUT2D eigenvalue weighted by Gasteiger charge is -2.34. The molecule has 26 heavy (non-hydrogen) atoms. The van der Waals surface area contributed by atoms with Crippen LogP contribution in [0.4, 0.5) is 0 Å². The highest BCUT2D eigenvalue weighted by Crippen LogP contribution is 2.29. The first-order chi connectivity index (χ1) is 12.6. The van der Waals surface area contributed by atoms with Gasteiger partial charge in [0.1, 0.15) is 4.21 Å². The van der Waals surface area contributed by atoms with Crippen LogP contribution in [0.5, 0.6) is 0 Å². The van der Waals surface area contributed by atoms with Crippen LogP contribution in [0.1, 0.15) is 57.8 Å². The molecule has 1 aromatic heterocycles. The summed E-state index contributed by atoms with van der Waals surface area (Å²) in [6.07, 6.45) is 10.9. The Morgan fingerprint density at radius 1 is 1.27 bits per heavy atom. The van der Waals surface area contributed by atoms with Crippen molar-refractivity contribution in [2.45, 2.75) is 68.0 Å². The molecular formula is C19H28N2O3S2. The number of carbonyl (C=O) groups is 1. The molecule has 0 spiro atoms. The predicted molar refractivity (Wildman–Crippen MR) is 105 cm³/mol. The number of amides is 1. The van der Waals surface area contributed by atoms with Gasteiger partial charge in [-0.3, -0.25) is 4.79 Å². The van der Waals surface area contributed by atoms with Gasteiger partial charge in [0.05, 0.1) is 0 Å². The highest BCUT2D eigenvalue weighted by Gasteiger charge is 2.35. The third kappa shape index (κ3) is 4.96. The number of thiophene rings is 1. The Balaban J connectivity index is 1.54. The summed E-state index contributed by atoms with van der Waals surface area (Å²) in [4.78, 5) is 12.4. The number of allylic oxidation sites excluding steroid dienone is 1. The van der Waals surface area contributed by atoms with E-state index in [-0.39, 0.29) is 18.4 Å². The number of hydrogen-bond donors (Lipinski definition) is 1. The van der Waals surface area contributed by atoms with Gasteiger partial charge in [-0.2, -0.15) is 4.31 Å². The zero-order chi connectivity index (χ0) is 18.4. The van der Waals surface area contributed by atoms with E-state index in [2.05, 4.69) is 11.4 Å². The van der Waals surface area contributed by atoms with Crippen molar-refractivity contribution in [3.63, 3.8) is 0 Å². The standard InChI is InChI=1S/C19H28N2O3S2/c22-18(20-12-11-16-7-2-1-3-8-16)15-17-9-4-5-13-21(17)26(23,24)19-10-6-14-25-19/h6-7,10,14,17H,1-5,8-9,11-13,15H2,(H,20,22)/t17-/m1/s1. The van der Waals surface area contributed by atoms with Crippen LogP contribution in [-0.4, -0.2) is 37.8 Å². The van der Waals surface area contributed by atoms with Gasteiger partial charge in [0.15, 0.2) is 0 Å². The third-order valence-corrected chi connectivity index (χ3v) is 8.53. The van der Waals surface area contributed by atoms with Crippen molar-refractivity contribution in [3.8, 4) is 0 Å². The summed E-state index contributed by atoms with van der Waals surface area (Å²) in [6.45, 7) is 1.15. The minimum Gasteiger partial charge on any atom is -0.356 e. The van der Waals surface area contributed by atoms with Crippen LogP contribution in [0.15, 0.2) is 33.4 Å². The van der Waals surface area contributed by atoms with Gasteiger partial charge in [-0.25, -0.2) is 8.42 Å². The van der Waals surface area contributed by atoms with Crippen molar-refractivity contribution >= 4 is 27.3 Å². The fourth-order valence-corrected chi connectivity index (χ4v) is 6.61. The van der Waals surface area contributed by atoms with Gasteiger partial charge in [-0.15, -0.1) is 11.3 Å². The van der Waals surface area contributed by atoms with Crippen LogP contribution in [0, 0.1) is 0 Å². The molecule has 2 aliphatic rings. The van der Waals surface area contributed by atoms with E-state index in [9.17, 15) is 13.2 Å². The van der Waals surface area contributed by atoms with Crippen LogP contribution < -0.4 is 5.32 Å². The number of piperidine rings is 1. The highest BCUT2D eigenvalue weighted by atomic mass is 32.2. The zero-order valence-electron chi connectivity index (χ0n) is 15.2. The fourth-order valence-electron chi connectivity index (χ4n) is 3.80. The first-order valence-corrected chi connectivity index (χ1v) is 11.9. The lowest BCUT2D eigenvalue weighted by Crippen LogP contribution is -2.45. The first-order valence-electron chi connectivity index (χ1n) is 9.57. The minimum atomic E-state index is -3.49. The number of carbonyl (C=O) groups excluding carboxylic acids is 1. The van der Waals surface area contributed by atoms with Gasteiger partial charge in [0.25, 0.3) is 10.0 Å². The molecule has 7 heteroatoms. The van der Waals surface area contributed by atoms with E-state index in [1.807, 2.05) is 0 Å². The minimum absolute atomic E-state index is 0.0420. The van der Waals surface area contributed by atoms with E-state index >= 15 is 0 Å². The second kappa shape index (κ2) is 9.15. The summed E-state index contributed by atoms with van der Waals surface area (Å²) in [5.41, 5.74) is 1.44. The van der Waals surface area contributed by atoms with Gasteiger partial charge in [0.2, 0.25) is 5.91 Å². The lowest BCUT2D eigenvalue weighted by atomic mass is 9.97. The average molecular weight is 397 g/mol. The molecule has 1 amide bonds. The van der Waals surface area contributed by atoms with Crippen molar-refractivity contribution in [2.75, 3.05) is 13.1 Å².